The number of amides is 1. The maximum Gasteiger partial charge on any atom is 0.255 e. The molecule has 27 heavy (non-hydrogen) atoms. The molecule has 0 atom stereocenters. The van der Waals surface area contributed by atoms with Gasteiger partial charge in [0.1, 0.15) is 5.75 Å². The molecule has 4 rings (SSSR count). The molecule has 0 aliphatic heterocycles. The number of hydrogen-bond acceptors (Lipinski definition) is 5. The minimum Gasteiger partial charge on any atom is -0.497 e. The number of anilines is 1. The van der Waals surface area contributed by atoms with E-state index < -0.39 is 0 Å². The molecule has 2 aromatic carbocycles. The van der Waals surface area contributed by atoms with Crippen molar-refractivity contribution in [3.8, 4) is 17.1 Å². The molecule has 3 aromatic rings. The van der Waals surface area contributed by atoms with Crippen LogP contribution < -0.4 is 10.1 Å². The van der Waals surface area contributed by atoms with Crippen LogP contribution in [0.4, 0.5) is 5.69 Å². The number of ether oxygens (including phenoxy) is 1. The van der Waals surface area contributed by atoms with Gasteiger partial charge >= 0.3 is 0 Å². The number of methoxy groups -OCH3 is 1. The zero-order valence-electron chi connectivity index (χ0n) is 15.1. The monoisotopic (exact) mass is 363 g/mol. The first-order chi connectivity index (χ1) is 13.2. The van der Waals surface area contributed by atoms with Gasteiger partial charge in [-0.25, -0.2) is 0 Å². The molecule has 0 saturated heterocycles. The first-order valence-corrected chi connectivity index (χ1v) is 9.12. The summed E-state index contributed by atoms with van der Waals surface area (Å²) in [4.78, 5) is 17.0. The molecule has 0 spiro atoms. The normalized spacial score (nSPS) is 14.3. The standard InChI is InChI=1S/C21H21N3O3/c1-26-18-11-9-14(10-12-18)20(25)22-17-8-4-7-16(13-17)19-23-21(27-24-19)15-5-2-3-6-15/h4,7-13,15H,2-3,5-6H2,1H3,(H,22,25). The summed E-state index contributed by atoms with van der Waals surface area (Å²) in [6.45, 7) is 0. The Morgan fingerprint density at radius 2 is 1.93 bits per heavy atom. The molecule has 1 amide bonds. The molecule has 1 fully saturated rings. The summed E-state index contributed by atoms with van der Waals surface area (Å²) in [7, 11) is 1.59. The van der Waals surface area contributed by atoms with Crippen molar-refractivity contribution in [2.24, 2.45) is 0 Å². The predicted molar refractivity (Wildman–Crippen MR) is 102 cm³/mol. The topological polar surface area (TPSA) is 77.2 Å². The number of carbonyl (C=O) groups excluding carboxylic acids is 1. The van der Waals surface area contributed by atoms with Crippen LogP contribution in [0.3, 0.4) is 0 Å². The number of hydrogen-bond donors (Lipinski definition) is 1. The van der Waals surface area contributed by atoms with Gasteiger partial charge in [0.2, 0.25) is 11.7 Å². The van der Waals surface area contributed by atoms with E-state index in [1.807, 2.05) is 24.3 Å². The van der Waals surface area contributed by atoms with Crippen molar-refractivity contribution < 1.29 is 14.1 Å². The van der Waals surface area contributed by atoms with E-state index in [0.29, 0.717) is 28.7 Å². The van der Waals surface area contributed by atoms with Crippen LogP contribution in [0.1, 0.15) is 47.8 Å². The molecule has 0 unspecified atom stereocenters. The number of benzene rings is 2. The largest absolute Gasteiger partial charge is 0.497 e. The number of rotatable bonds is 5. The Bertz CT molecular complexity index is 928. The molecule has 1 heterocycles. The molecule has 0 bridgehead atoms. The second-order valence-electron chi connectivity index (χ2n) is 6.70. The molecule has 6 nitrogen and oxygen atoms in total. The van der Waals surface area contributed by atoms with Gasteiger partial charge < -0.3 is 14.6 Å². The van der Waals surface area contributed by atoms with Crippen LogP contribution in [0.5, 0.6) is 5.75 Å². The van der Waals surface area contributed by atoms with Crippen molar-refractivity contribution in [3.63, 3.8) is 0 Å². The second-order valence-corrected chi connectivity index (χ2v) is 6.70. The maximum atomic E-state index is 12.4. The molecule has 138 valence electrons. The van der Waals surface area contributed by atoms with E-state index in [9.17, 15) is 4.79 Å². The highest BCUT2D eigenvalue weighted by atomic mass is 16.5. The zero-order valence-corrected chi connectivity index (χ0v) is 15.1. The van der Waals surface area contributed by atoms with Gasteiger partial charge in [-0.3, -0.25) is 4.79 Å². The van der Waals surface area contributed by atoms with Crippen LogP contribution in [-0.4, -0.2) is 23.2 Å². The van der Waals surface area contributed by atoms with Crippen LogP contribution in [0.25, 0.3) is 11.4 Å². The molecular weight excluding hydrogens is 342 g/mol. The van der Waals surface area contributed by atoms with Gasteiger partial charge in [0, 0.05) is 22.7 Å². The van der Waals surface area contributed by atoms with Crippen molar-refractivity contribution in [3.05, 3.63) is 60.0 Å². The third-order valence-electron chi connectivity index (χ3n) is 4.88. The Morgan fingerprint density at radius 1 is 1.15 bits per heavy atom. The molecular formula is C21H21N3O3. The maximum absolute atomic E-state index is 12.4. The molecule has 1 saturated carbocycles. The van der Waals surface area contributed by atoms with E-state index in [-0.39, 0.29) is 5.91 Å². The van der Waals surface area contributed by atoms with Gasteiger partial charge in [0.15, 0.2) is 0 Å². The van der Waals surface area contributed by atoms with Crippen LogP contribution in [0, 0.1) is 0 Å². The van der Waals surface area contributed by atoms with Crippen LogP contribution in [0.2, 0.25) is 0 Å². The van der Waals surface area contributed by atoms with Gasteiger partial charge in [-0.05, 0) is 49.2 Å². The predicted octanol–water partition coefficient (Wildman–Crippen LogP) is 4.66. The smallest absolute Gasteiger partial charge is 0.255 e. The summed E-state index contributed by atoms with van der Waals surface area (Å²) < 4.78 is 10.6. The highest BCUT2D eigenvalue weighted by molar-refractivity contribution is 6.04. The third-order valence-corrected chi connectivity index (χ3v) is 4.88. The lowest BCUT2D eigenvalue weighted by atomic mass is 10.1. The lowest BCUT2D eigenvalue weighted by molar-refractivity contribution is 0.102. The summed E-state index contributed by atoms with van der Waals surface area (Å²) in [5, 5.41) is 7.02. The summed E-state index contributed by atoms with van der Waals surface area (Å²) in [5.74, 6) is 2.18. The summed E-state index contributed by atoms with van der Waals surface area (Å²) >= 11 is 0. The molecule has 1 N–H and O–H groups in total. The van der Waals surface area contributed by atoms with Gasteiger partial charge in [0.05, 0.1) is 7.11 Å². The zero-order chi connectivity index (χ0) is 18.6. The minimum atomic E-state index is -0.186. The SMILES string of the molecule is COc1ccc(C(=O)Nc2cccc(-c3noc(C4CCCC4)n3)c2)cc1. The van der Waals surface area contributed by atoms with Crippen molar-refractivity contribution >= 4 is 11.6 Å². The Kier molecular flexibility index (Phi) is 4.87. The average molecular weight is 363 g/mol. The van der Waals surface area contributed by atoms with Crippen LogP contribution in [-0.2, 0) is 0 Å². The van der Waals surface area contributed by atoms with E-state index in [2.05, 4.69) is 15.5 Å². The molecule has 6 heteroatoms. The first-order valence-electron chi connectivity index (χ1n) is 9.12. The second kappa shape index (κ2) is 7.61. The van der Waals surface area contributed by atoms with E-state index in [1.54, 1.807) is 31.4 Å². The molecule has 1 aliphatic rings. The van der Waals surface area contributed by atoms with Crippen molar-refractivity contribution in [1.82, 2.24) is 10.1 Å². The van der Waals surface area contributed by atoms with Crippen LogP contribution >= 0.6 is 0 Å². The Morgan fingerprint density at radius 3 is 2.67 bits per heavy atom. The Balaban J connectivity index is 1.49. The van der Waals surface area contributed by atoms with E-state index in [4.69, 9.17) is 9.26 Å². The lowest BCUT2D eigenvalue weighted by Crippen LogP contribution is -2.11. The van der Waals surface area contributed by atoms with E-state index in [1.165, 1.54) is 12.8 Å². The molecule has 0 radical (unpaired) electrons. The Hall–Kier alpha value is -3.15. The fourth-order valence-electron chi connectivity index (χ4n) is 3.37. The fourth-order valence-corrected chi connectivity index (χ4v) is 3.37. The molecule has 1 aliphatic carbocycles. The quantitative estimate of drug-likeness (QED) is 0.714. The third kappa shape index (κ3) is 3.84. The van der Waals surface area contributed by atoms with Crippen molar-refractivity contribution in [2.45, 2.75) is 31.6 Å². The number of aromatic nitrogens is 2. The van der Waals surface area contributed by atoms with Crippen LogP contribution in [0.15, 0.2) is 53.1 Å². The van der Waals surface area contributed by atoms with Gasteiger partial charge in [0.25, 0.3) is 5.91 Å². The average Bonchev–Trinajstić information content (AvgIpc) is 3.40. The van der Waals surface area contributed by atoms with Gasteiger partial charge in [-0.2, -0.15) is 4.98 Å². The van der Waals surface area contributed by atoms with Crippen molar-refractivity contribution in [2.75, 3.05) is 12.4 Å². The lowest BCUT2D eigenvalue weighted by Gasteiger charge is -2.07. The highest BCUT2D eigenvalue weighted by Gasteiger charge is 2.23. The summed E-state index contributed by atoms with van der Waals surface area (Å²) in [5.41, 5.74) is 2.06. The van der Waals surface area contributed by atoms with Gasteiger partial charge in [-0.15, -0.1) is 0 Å². The highest BCUT2D eigenvalue weighted by Crippen LogP contribution is 2.34. The minimum absolute atomic E-state index is 0.186. The molecule has 1 aromatic heterocycles. The number of carbonyl (C=O) groups is 1. The van der Waals surface area contributed by atoms with Crippen molar-refractivity contribution in [1.29, 1.82) is 0 Å². The number of nitrogens with one attached hydrogen (secondary N) is 1. The number of nitrogens with zero attached hydrogens (tertiary/aromatic N) is 2. The Labute approximate surface area is 157 Å². The van der Waals surface area contributed by atoms with E-state index >= 15 is 0 Å². The summed E-state index contributed by atoms with van der Waals surface area (Å²) in [6, 6.07) is 14.4. The van der Waals surface area contributed by atoms with Gasteiger partial charge in [-0.1, -0.05) is 30.1 Å². The van der Waals surface area contributed by atoms with E-state index in [0.717, 1.165) is 24.3 Å². The fraction of sp³-hybridized carbons (Fsp3) is 0.286. The first kappa shape index (κ1) is 17.3. The summed E-state index contributed by atoms with van der Waals surface area (Å²) in [6.07, 6.45) is 4.66.